The summed E-state index contributed by atoms with van der Waals surface area (Å²) in [6.07, 6.45) is 5.22. The second-order valence-electron chi connectivity index (χ2n) is 6.53. The Balaban J connectivity index is 2.02. The number of aromatic nitrogens is 1. The molecule has 2 fully saturated rings. The molecule has 1 N–H and O–H groups in total. The number of hydrogen-bond acceptors (Lipinski definition) is 4. The fraction of sp³-hybridized carbons (Fsp3) is 0.667. The number of rotatable bonds is 2. The third kappa shape index (κ3) is 2.08. The molecule has 21 heavy (non-hydrogen) atoms. The molecule has 2 aliphatic rings. The molecule has 1 atom stereocenters. The molecule has 2 amide bonds. The molecule has 1 aromatic heterocycles. The minimum atomic E-state index is -0.682. The normalized spacial score (nSPS) is 25.5. The molecule has 1 saturated carbocycles. The van der Waals surface area contributed by atoms with Crippen LogP contribution in [0.1, 0.15) is 51.5 Å². The molecular formula is C15H21N3O2S. The van der Waals surface area contributed by atoms with Crippen LogP contribution in [0.3, 0.4) is 0 Å². The van der Waals surface area contributed by atoms with Gasteiger partial charge in [-0.15, -0.1) is 11.3 Å². The van der Waals surface area contributed by atoms with Gasteiger partial charge in [-0.3, -0.25) is 9.59 Å². The van der Waals surface area contributed by atoms with Crippen LogP contribution >= 0.6 is 11.3 Å². The minimum Gasteiger partial charge on any atom is -0.340 e. The average Bonchev–Trinajstić information content (AvgIpc) is 3.09. The standard InChI is InChI=1S/C15H21N3O2S/c1-10-11(19)17-15(6-4-5-7-15)13(20)18(10)14(2,3)12-16-8-9-21-12/h8-10H,4-7H2,1-3H3,(H,17,19). The second kappa shape index (κ2) is 4.80. The highest BCUT2D eigenvalue weighted by Gasteiger charge is 2.55. The van der Waals surface area contributed by atoms with Crippen molar-refractivity contribution in [2.75, 3.05) is 0 Å². The van der Waals surface area contributed by atoms with E-state index in [1.807, 2.05) is 19.2 Å². The number of nitrogens with zero attached hydrogens (tertiary/aromatic N) is 2. The van der Waals surface area contributed by atoms with Gasteiger partial charge in [0.2, 0.25) is 11.8 Å². The Labute approximate surface area is 128 Å². The molecule has 1 spiro atoms. The summed E-state index contributed by atoms with van der Waals surface area (Å²) < 4.78 is 0. The second-order valence-corrected chi connectivity index (χ2v) is 7.42. The number of carbonyl (C=O) groups excluding carboxylic acids is 2. The molecule has 6 heteroatoms. The SMILES string of the molecule is CC1C(=O)NC2(CCCC2)C(=O)N1C(C)(C)c1nccs1. The monoisotopic (exact) mass is 307 g/mol. The van der Waals surface area contributed by atoms with Gasteiger partial charge in [0.05, 0.1) is 5.54 Å². The van der Waals surface area contributed by atoms with Gasteiger partial charge in [-0.05, 0) is 33.6 Å². The van der Waals surface area contributed by atoms with Crippen molar-refractivity contribution in [3.8, 4) is 0 Å². The summed E-state index contributed by atoms with van der Waals surface area (Å²) in [6.45, 7) is 5.74. The molecule has 1 aliphatic heterocycles. The van der Waals surface area contributed by atoms with E-state index in [2.05, 4.69) is 10.3 Å². The average molecular weight is 307 g/mol. The van der Waals surface area contributed by atoms with Gasteiger partial charge in [0.15, 0.2) is 0 Å². The highest BCUT2D eigenvalue weighted by atomic mass is 32.1. The first-order chi connectivity index (χ1) is 9.88. The fourth-order valence-electron chi connectivity index (χ4n) is 3.60. The number of thiazole rings is 1. The lowest BCUT2D eigenvalue weighted by molar-refractivity contribution is -0.161. The first kappa shape index (κ1) is 14.5. The lowest BCUT2D eigenvalue weighted by atomic mass is 9.87. The zero-order valence-corrected chi connectivity index (χ0v) is 13.5. The minimum absolute atomic E-state index is 0.0484. The van der Waals surface area contributed by atoms with E-state index in [9.17, 15) is 9.59 Å². The van der Waals surface area contributed by atoms with Crippen LogP contribution in [-0.2, 0) is 15.1 Å². The van der Waals surface area contributed by atoms with Crippen molar-refractivity contribution in [1.29, 1.82) is 0 Å². The van der Waals surface area contributed by atoms with Crippen LogP contribution in [0.5, 0.6) is 0 Å². The van der Waals surface area contributed by atoms with E-state index in [4.69, 9.17) is 0 Å². The van der Waals surface area contributed by atoms with Crippen molar-refractivity contribution < 1.29 is 9.59 Å². The van der Waals surface area contributed by atoms with E-state index in [0.29, 0.717) is 0 Å². The van der Waals surface area contributed by atoms with Crippen LogP contribution in [0.15, 0.2) is 11.6 Å². The van der Waals surface area contributed by atoms with Crippen LogP contribution in [0.2, 0.25) is 0 Å². The van der Waals surface area contributed by atoms with E-state index >= 15 is 0 Å². The number of nitrogens with one attached hydrogen (secondary N) is 1. The van der Waals surface area contributed by atoms with E-state index in [-0.39, 0.29) is 11.8 Å². The van der Waals surface area contributed by atoms with Gasteiger partial charge < -0.3 is 10.2 Å². The van der Waals surface area contributed by atoms with Gasteiger partial charge in [-0.1, -0.05) is 12.8 Å². The van der Waals surface area contributed by atoms with Crippen LogP contribution in [-0.4, -0.2) is 33.3 Å². The molecule has 1 aromatic rings. The molecule has 1 aliphatic carbocycles. The Kier molecular flexibility index (Phi) is 3.31. The molecule has 2 heterocycles. The van der Waals surface area contributed by atoms with Gasteiger partial charge in [-0.25, -0.2) is 4.98 Å². The maximum atomic E-state index is 13.1. The molecule has 114 valence electrons. The van der Waals surface area contributed by atoms with Gasteiger partial charge in [-0.2, -0.15) is 0 Å². The molecule has 3 rings (SSSR count). The summed E-state index contributed by atoms with van der Waals surface area (Å²) >= 11 is 1.52. The first-order valence-electron chi connectivity index (χ1n) is 7.44. The molecule has 5 nitrogen and oxygen atoms in total. The summed E-state index contributed by atoms with van der Waals surface area (Å²) in [6, 6.07) is -0.470. The zero-order valence-electron chi connectivity index (χ0n) is 12.7. The Morgan fingerprint density at radius 3 is 2.62 bits per heavy atom. The van der Waals surface area contributed by atoms with Gasteiger partial charge >= 0.3 is 0 Å². The summed E-state index contributed by atoms with van der Waals surface area (Å²) in [5.41, 5.74) is -1.25. The zero-order chi connectivity index (χ0) is 15.3. The van der Waals surface area contributed by atoms with Gasteiger partial charge in [0, 0.05) is 11.6 Å². The smallest absolute Gasteiger partial charge is 0.249 e. The quantitative estimate of drug-likeness (QED) is 0.909. The van der Waals surface area contributed by atoms with E-state index < -0.39 is 17.1 Å². The Morgan fingerprint density at radius 2 is 2.05 bits per heavy atom. The van der Waals surface area contributed by atoms with Crippen molar-refractivity contribution in [3.63, 3.8) is 0 Å². The van der Waals surface area contributed by atoms with Crippen molar-refractivity contribution in [2.24, 2.45) is 0 Å². The van der Waals surface area contributed by atoms with Gasteiger partial charge in [0.1, 0.15) is 16.6 Å². The van der Waals surface area contributed by atoms with Crippen LogP contribution < -0.4 is 5.32 Å². The predicted octanol–water partition coefficient (Wildman–Crippen LogP) is 2.04. The number of piperazine rings is 1. The molecule has 1 saturated heterocycles. The molecule has 0 aromatic carbocycles. The number of carbonyl (C=O) groups is 2. The summed E-state index contributed by atoms with van der Waals surface area (Å²) in [5.74, 6) is -0.00608. The van der Waals surface area contributed by atoms with E-state index in [0.717, 1.165) is 30.7 Å². The topological polar surface area (TPSA) is 62.3 Å². The van der Waals surface area contributed by atoms with Crippen molar-refractivity contribution in [2.45, 2.75) is 63.6 Å². The molecule has 1 unspecified atom stereocenters. The Bertz CT molecular complexity index is 561. The lowest BCUT2D eigenvalue weighted by Crippen LogP contribution is -2.71. The van der Waals surface area contributed by atoms with E-state index in [1.54, 1.807) is 18.0 Å². The van der Waals surface area contributed by atoms with Crippen molar-refractivity contribution >= 4 is 23.2 Å². The van der Waals surface area contributed by atoms with Crippen molar-refractivity contribution in [1.82, 2.24) is 15.2 Å². The predicted molar refractivity (Wildman–Crippen MR) is 80.8 cm³/mol. The molecule has 0 bridgehead atoms. The summed E-state index contributed by atoms with van der Waals surface area (Å²) in [7, 11) is 0. The van der Waals surface area contributed by atoms with E-state index in [1.165, 1.54) is 11.3 Å². The number of hydrogen-bond donors (Lipinski definition) is 1. The molecule has 0 radical (unpaired) electrons. The lowest BCUT2D eigenvalue weighted by Gasteiger charge is -2.49. The highest BCUT2D eigenvalue weighted by molar-refractivity contribution is 7.09. The first-order valence-corrected chi connectivity index (χ1v) is 8.32. The Morgan fingerprint density at radius 1 is 1.38 bits per heavy atom. The largest absolute Gasteiger partial charge is 0.340 e. The van der Waals surface area contributed by atoms with Crippen molar-refractivity contribution in [3.05, 3.63) is 16.6 Å². The molecular weight excluding hydrogens is 286 g/mol. The Hall–Kier alpha value is -1.43. The van der Waals surface area contributed by atoms with Crippen LogP contribution in [0.4, 0.5) is 0 Å². The maximum Gasteiger partial charge on any atom is 0.249 e. The fourth-order valence-corrected chi connectivity index (χ4v) is 4.36. The van der Waals surface area contributed by atoms with Gasteiger partial charge in [0.25, 0.3) is 0 Å². The third-order valence-electron chi connectivity index (χ3n) is 4.77. The number of amides is 2. The summed E-state index contributed by atoms with van der Waals surface area (Å²) in [4.78, 5) is 31.7. The van der Waals surface area contributed by atoms with Crippen LogP contribution in [0, 0.1) is 0 Å². The third-order valence-corrected chi connectivity index (χ3v) is 5.86. The highest BCUT2D eigenvalue weighted by Crippen LogP contribution is 2.40. The van der Waals surface area contributed by atoms with Crippen LogP contribution in [0.25, 0.3) is 0 Å². The summed E-state index contributed by atoms with van der Waals surface area (Å²) in [5, 5.41) is 5.76. The maximum absolute atomic E-state index is 13.1.